The van der Waals surface area contributed by atoms with Gasteiger partial charge in [0.1, 0.15) is 11.3 Å². The van der Waals surface area contributed by atoms with Crippen LogP contribution in [-0.4, -0.2) is 24.0 Å². The van der Waals surface area contributed by atoms with Crippen molar-refractivity contribution < 1.29 is 22.6 Å². The van der Waals surface area contributed by atoms with Gasteiger partial charge in [0.25, 0.3) is 0 Å². The highest BCUT2D eigenvalue weighted by atomic mass is 19.2. The van der Waals surface area contributed by atoms with Gasteiger partial charge in [-0.1, -0.05) is 24.3 Å². The molecule has 0 fully saturated rings. The lowest BCUT2D eigenvalue weighted by atomic mass is 10.1. The van der Waals surface area contributed by atoms with Crippen LogP contribution in [0.25, 0.3) is 27.7 Å². The molecule has 0 saturated carbocycles. The Kier molecular flexibility index (Phi) is 4.43. The molecule has 0 aliphatic heterocycles. The van der Waals surface area contributed by atoms with E-state index in [0.29, 0.717) is 5.69 Å². The lowest BCUT2D eigenvalue weighted by Gasteiger charge is -2.10. The summed E-state index contributed by atoms with van der Waals surface area (Å²) in [5.74, 6) is -3.63. The summed E-state index contributed by atoms with van der Waals surface area (Å²) in [6.45, 7) is 0. The molecule has 0 saturated heterocycles. The Morgan fingerprint density at radius 3 is 2.25 bits per heavy atom. The molecular formula is C21H15F3N2O2. The third-order valence-electron chi connectivity index (χ3n) is 4.52. The van der Waals surface area contributed by atoms with Crippen LogP contribution in [-0.2, 0) is 0 Å². The van der Waals surface area contributed by atoms with Gasteiger partial charge in [-0.05, 0) is 35.4 Å². The minimum Gasteiger partial charge on any atom is -0.497 e. The average Bonchev–Trinajstić information content (AvgIpc) is 3.18. The van der Waals surface area contributed by atoms with Gasteiger partial charge < -0.3 is 9.47 Å². The highest BCUT2D eigenvalue weighted by Gasteiger charge is 2.24. The van der Waals surface area contributed by atoms with Gasteiger partial charge in [0.05, 0.1) is 31.5 Å². The number of benzene rings is 3. The largest absolute Gasteiger partial charge is 0.497 e. The molecule has 0 spiro atoms. The van der Waals surface area contributed by atoms with Crippen LogP contribution in [0.15, 0.2) is 54.7 Å². The molecule has 1 aromatic heterocycles. The summed E-state index contributed by atoms with van der Waals surface area (Å²) in [6.07, 6.45) is 1.09. The van der Waals surface area contributed by atoms with Crippen LogP contribution in [0.1, 0.15) is 0 Å². The van der Waals surface area contributed by atoms with Crippen molar-refractivity contribution in [3.05, 3.63) is 72.2 Å². The fourth-order valence-corrected chi connectivity index (χ4v) is 3.11. The van der Waals surface area contributed by atoms with Gasteiger partial charge in [-0.2, -0.15) is 9.49 Å². The zero-order valence-electron chi connectivity index (χ0n) is 15.0. The number of ether oxygens (including phenoxy) is 2. The Balaban J connectivity index is 1.82. The molecule has 3 aromatic carbocycles. The van der Waals surface area contributed by atoms with Crippen molar-refractivity contribution in [2.45, 2.75) is 0 Å². The summed E-state index contributed by atoms with van der Waals surface area (Å²) >= 11 is 0. The van der Waals surface area contributed by atoms with E-state index in [9.17, 15) is 13.2 Å². The number of fused-ring (bicyclic) bond motifs is 1. The van der Waals surface area contributed by atoms with Crippen molar-refractivity contribution >= 4 is 10.9 Å². The number of aromatic nitrogens is 2. The molecule has 4 rings (SSSR count). The molecule has 4 nitrogen and oxygen atoms in total. The summed E-state index contributed by atoms with van der Waals surface area (Å²) in [5.41, 5.74) is 2.16. The maximum absolute atomic E-state index is 14.7. The number of methoxy groups -OCH3 is 2. The molecule has 0 bridgehead atoms. The molecule has 142 valence electrons. The predicted molar refractivity (Wildman–Crippen MR) is 99.5 cm³/mol. The first-order valence-electron chi connectivity index (χ1n) is 8.38. The van der Waals surface area contributed by atoms with Gasteiger partial charge in [-0.3, -0.25) is 0 Å². The molecule has 0 aliphatic carbocycles. The molecule has 0 amide bonds. The van der Waals surface area contributed by atoms with Crippen molar-refractivity contribution in [1.82, 2.24) is 9.78 Å². The Labute approximate surface area is 158 Å². The van der Waals surface area contributed by atoms with E-state index in [4.69, 9.17) is 4.74 Å². The highest BCUT2D eigenvalue weighted by molar-refractivity contribution is 5.83. The molecule has 7 heteroatoms. The molecule has 0 aliphatic rings. The SMILES string of the molecule is COc1cccc(-c2ccc(-n3ncc4c(F)c(F)c(OC)c(F)c43)cc2)c1. The molecule has 0 radical (unpaired) electrons. The van der Waals surface area contributed by atoms with Gasteiger partial charge in [-0.25, -0.2) is 13.5 Å². The molecule has 4 aromatic rings. The van der Waals surface area contributed by atoms with Gasteiger partial charge in [0.15, 0.2) is 17.4 Å². The lowest BCUT2D eigenvalue weighted by Crippen LogP contribution is -2.02. The Hall–Kier alpha value is -3.48. The standard InChI is InChI=1S/C21H15F3N2O2/c1-27-15-5-3-4-13(10-15)12-6-8-14(9-7-12)26-20-16(11-25-26)17(22)18(23)21(28-2)19(20)24/h3-11H,1-2H3. The number of nitrogens with zero attached hydrogens (tertiary/aromatic N) is 2. The van der Waals surface area contributed by atoms with Crippen LogP contribution in [0.3, 0.4) is 0 Å². The van der Waals surface area contributed by atoms with E-state index in [-0.39, 0.29) is 10.9 Å². The molecule has 0 unspecified atom stereocenters. The smallest absolute Gasteiger partial charge is 0.204 e. The first-order valence-corrected chi connectivity index (χ1v) is 8.38. The van der Waals surface area contributed by atoms with Crippen LogP contribution in [0.5, 0.6) is 11.5 Å². The van der Waals surface area contributed by atoms with Crippen molar-refractivity contribution in [3.63, 3.8) is 0 Å². The van der Waals surface area contributed by atoms with Gasteiger partial charge in [0, 0.05) is 0 Å². The van der Waals surface area contributed by atoms with Crippen LogP contribution in [0.4, 0.5) is 13.2 Å². The first kappa shape index (κ1) is 17.9. The van der Waals surface area contributed by atoms with Gasteiger partial charge in [0.2, 0.25) is 5.82 Å². The Bertz CT molecular complexity index is 1170. The Morgan fingerprint density at radius 1 is 0.821 bits per heavy atom. The van der Waals surface area contributed by atoms with Crippen molar-refractivity contribution in [2.75, 3.05) is 14.2 Å². The number of hydrogen-bond acceptors (Lipinski definition) is 3. The summed E-state index contributed by atoms with van der Waals surface area (Å²) in [4.78, 5) is 0. The predicted octanol–water partition coefficient (Wildman–Crippen LogP) is 5.13. The van der Waals surface area contributed by atoms with Crippen molar-refractivity contribution in [3.8, 4) is 28.3 Å². The van der Waals surface area contributed by atoms with E-state index < -0.39 is 23.2 Å². The summed E-state index contributed by atoms with van der Waals surface area (Å²) in [5, 5.41) is 3.77. The minimum absolute atomic E-state index is 0.190. The zero-order chi connectivity index (χ0) is 19.8. The van der Waals surface area contributed by atoms with Crippen LogP contribution in [0, 0.1) is 17.5 Å². The van der Waals surface area contributed by atoms with Crippen molar-refractivity contribution in [1.29, 1.82) is 0 Å². The first-order chi connectivity index (χ1) is 13.5. The molecule has 0 N–H and O–H groups in total. The monoisotopic (exact) mass is 384 g/mol. The number of hydrogen-bond donors (Lipinski definition) is 0. The van der Waals surface area contributed by atoms with Gasteiger partial charge in [-0.15, -0.1) is 0 Å². The quantitative estimate of drug-likeness (QED) is 0.458. The van der Waals surface area contributed by atoms with Crippen LogP contribution < -0.4 is 9.47 Å². The molecule has 28 heavy (non-hydrogen) atoms. The van der Waals surface area contributed by atoms with E-state index in [1.807, 2.05) is 36.4 Å². The minimum atomic E-state index is -1.37. The third-order valence-corrected chi connectivity index (χ3v) is 4.52. The van der Waals surface area contributed by atoms with E-state index in [0.717, 1.165) is 30.2 Å². The second-order valence-corrected chi connectivity index (χ2v) is 6.07. The lowest BCUT2D eigenvalue weighted by molar-refractivity contribution is 0.350. The second-order valence-electron chi connectivity index (χ2n) is 6.07. The fourth-order valence-electron chi connectivity index (χ4n) is 3.11. The average molecular weight is 384 g/mol. The Morgan fingerprint density at radius 2 is 1.57 bits per heavy atom. The number of rotatable bonds is 4. The molecule has 1 heterocycles. The zero-order valence-corrected chi connectivity index (χ0v) is 15.0. The third kappa shape index (κ3) is 2.76. The fraction of sp³-hybridized carbons (Fsp3) is 0.0952. The molecule has 0 atom stereocenters. The van der Waals surface area contributed by atoms with E-state index >= 15 is 0 Å². The highest BCUT2D eigenvalue weighted by Crippen LogP contribution is 2.34. The van der Waals surface area contributed by atoms with Crippen molar-refractivity contribution in [2.24, 2.45) is 0 Å². The van der Waals surface area contributed by atoms with E-state index in [1.54, 1.807) is 19.2 Å². The molecular weight excluding hydrogens is 369 g/mol. The summed E-state index contributed by atoms with van der Waals surface area (Å²) < 4.78 is 54.0. The van der Waals surface area contributed by atoms with Crippen LogP contribution in [0.2, 0.25) is 0 Å². The maximum atomic E-state index is 14.7. The topological polar surface area (TPSA) is 36.3 Å². The van der Waals surface area contributed by atoms with Crippen LogP contribution >= 0.6 is 0 Å². The summed E-state index contributed by atoms with van der Waals surface area (Å²) in [7, 11) is 2.67. The van der Waals surface area contributed by atoms with Gasteiger partial charge >= 0.3 is 0 Å². The van der Waals surface area contributed by atoms with E-state index in [2.05, 4.69) is 9.84 Å². The number of halogens is 3. The summed E-state index contributed by atoms with van der Waals surface area (Å²) in [6, 6.07) is 14.6. The normalized spacial score (nSPS) is 11.0. The van der Waals surface area contributed by atoms with E-state index in [1.165, 1.54) is 4.68 Å². The second kappa shape index (κ2) is 6.92. The maximum Gasteiger partial charge on any atom is 0.204 e.